The lowest BCUT2D eigenvalue weighted by Crippen LogP contribution is -2.64. The highest BCUT2D eigenvalue weighted by Gasteiger charge is 2.47. The van der Waals surface area contributed by atoms with Crippen molar-refractivity contribution in [2.75, 3.05) is 26.7 Å². The molecule has 5 rings (SSSR count). The zero-order valence-electron chi connectivity index (χ0n) is 18.0. The molecule has 6 heteroatoms. The summed E-state index contributed by atoms with van der Waals surface area (Å²) in [5.74, 6) is 2.92. The molecule has 0 unspecified atom stereocenters. The summed E-state index contributed by atoms with van der Waals surface area (Å²) in [7, 11) is 1.73. The van der Waals surface area contributed by atoms with Gasteiger partial charge >= 0.3 is 0 Å². The van der Waals surface area contributed by atoms with Crippen LogP contribution in [-0.4, -0.2) is 64.5 Å². The molecule has 1 amide bonds. The van der Waals surface area contributed by atoms with E-state index in [1.807, 2.05) is 13.0 Å². The number of likely N-dealkylation sites (tertiary alicyclic amines) is 1. The maximum Gasteiger partial charge on any atom is 0.271 e. The van der Waals surface area contributed by atoms with Crippen molar-refractivity contribution in [3.63, 3.8) is 0 Å². The molecule has 1 N–H and O–H groups in total. The van der Waals surface area contributed by atoms with Crippen molar-refractivity contribution in [3.8, 4) is 5.75 Å². The number of aromatic nitrogens is 2. The second-order valence-corrected chi connectivity index (χ2v) is 9.27. The highest BCUT2D eigenvalue weighted by Crippen LogP contribution is 2.42. The number of methoxy groups -OCH3 is 1. The number of aryl methyl sites for hydroxylation is 1. The Morgan fingerprint density at radius 1 is 1.27 bits per heavy atom. The van der Waals surface area contributed by atoms with Gasteiger partial charge in [-0.05, 0) is 68.7 Å². The van der Waals surface area contributed by atoms with Crippen molar-refractivity contribution in [2.45, 2.75) is 51.1 Å². The van der Waals surface area contributed by atoms with Crippen LogP contribution >= 0.6 is 0 Å². The number of nitrogens with one attached hydrogen (secondary N) is 1. The number of nitrogens with zero attached hydrogens (tertiary/aromatic N) is 3. The van der Waals surface area contributed by atoms with Crippen molar-refractivity contribution in [1.29, 1.82) is 0 Å². The molecule has 30 heavy (non-hydrogen) atoms. The number of fused-ring (bicyclic) bond motifs is 4. The quantitative estimate of drug-likeness (QED) is 0.843. The Morgan fingerprint density at radius 2 is 2.13 bits per heavy atom. The van der Waals surface area contributed by atoms with Crippen LogP contribution in [0, 0.1) is 18.8 Å². The van der Waals surface area contributed by atoms with Gasteiger partial charge in [0.05, 0.1) is 13.3 Å². The smallest absolute Gasteiger partial charge is 0.271 e. The zero-order chi connectivity index (χ0) is 20.7. The van der Waals surface area contributed by atoms with Gasteiger partial charge in [0.15, 0.2) is 0 Å². The number of imidazole rings is 1. The fraction of sp³-hybridized carbons (Fsp3) is 0.583. The summed E-state index contributed by atoms with van der Waals surface area (Å²) < 4.78 is 5.46. The molecule has 2 bridgehead atoms. The van der Waals surface area contributed by atoms with Crippen LogP contribution < -0.4 is 4.74 Å². The van der Waals surface area contributed by atoms with E-state index in [2.05, 4.69) is 38.0 Å². The highest BCUT2D eigenvalue weighted by molar-refractivity contribution is 5.92. The molecule has 0 saturated carbocycles. The van der Waals surface area contributed by atoms with E-state index in [0.29, 0.717) is 29.6 Å². The maximum atomic E-state index is 13.2. The van der Waals surface area contributed by atoms with E-state index in [1.165, 1.54) is 37.8 Å². The van der Waals surface area contributed by atoms with Crippen LogP contribution in [0.3, 0.4) is 0 Å². The Labute approximate surface area is 178 Å². The van der Waals surface area contributed by atoms with E-state index in [1.54, 1.807) is 13.3 Å². The third kappa shape index (κ3) is 3.62. The number of aromatic amines is 1. The number of rotatable bonds is 4. The Morgan fingerprint density at radius 3 is 2.93 bits per heavy atom. The SMILES string of the molecule is COc1cccc(C[C@H]2[C@H]3C[C@H](CN(C(=O)c4cnc(C)[nH]4)C3)[C@@H]3CCCCN32)c1. The number of carbonyl (C=O) groups excluding carboxylic acids is 1. The highest BCUT2D eigenvalue weighted by atomic mass is 16.5. The van der Waals surface area contributed by atoms with Gasteiger partial charge in [0.25, 0.3) is 5.91 Å². The van der Waals surface area contributed by atoms with Gasteiger partial charge in [-0.3, -0.25) is 9.69 Å². The Hall–Kier alpha value is -2.34. The number of amides is 1. The summed E-state index contributed by atoms with van der Waals surface area (Å²) in [4.78, 5) is 25.4. The van der Waals surface area contributed by atoms with Gasteiger partial charge in [0.1, 0.15) is 17.3 Å². The second kappa shape index (κ2) is 8.06. The van der Waals surface area contributed by atoms with Crippen LogP contribution in [0.15, 0.2) is 30.5 Å². The molecule has 0 radical (unpaired) electrons. The van der Waals surface area contributed by atoms with Gasteiger partial charge in [0.2, 0.25) is 0 Å². The minimum atomic E-state index is 0.106. The number of piperidine rings is 3. The minimum Gasteiger partial charge on any atom is -0.497 e. The first-order valence-electron chi connectivity index (χ1n) is 11.3. The molecule has 3 fully saturated rings. The largest absolute Gasteiger partial charge is 0.497 e. The van der Waals surface area contributed by atoms with Crippen LogP contribution in [0.1, 0.15) is 47.6 Å². The van der Waals surface area contributed by atoms with E-state index in [0.717, 1.165) is 31.1 Å². The first kappa shape index (κ1) is 19.6. The molecule has 2 aromatic rings. The van der Waals surface area contributed by atoms with Crippen LogP contribution in [0.4, 0.5) is 0 Å². The predicted octanol–water partition coefficient (Wildman–Crippen LogP) is 3.28. The van der Waals surface area contributed by atoms with E-state index < -0.39 is 0 Å². The van der Waals surface area contributed by atoms with Gasteiger partial charge in [-0.15, -0.1) is 0 Å². The molecule has 3 saturated heterocycles. The molecule has 4 atom stereocenters. The average molecular weight is 409 g/mol. The van der Waals surface area contributed by atoms with Crippen molar-refractivity contribution in [3.05, 3.63) is 47.5 Å². The average Bonchev–Trinajstić information content (AvgIpc) is 3.22. The number of hydrogen-bond donors (Lipinski definition) is 1. The van der Waals surface area contributed by atoms with Crippen molar-refractivity contribution in [2.24, 2.45) is 11.8 Å². The molecule has 0 aliphatic carbocycles. The summed E-state index contributed by atoms with van der Waals surface area (Å²) in [6.07, 6.45) is 7.81. The molecule has 1 aromatic carbocycles. The molecular formula is C24H32N4O2. The lowest BCUT2D eigenvalue weighted by molar-refractivity contribution is -0.0643. The third-order valence-electron chi connectivity index (χ3n) is 7.42. The number of H-pyrrole nitrogens is 1. The van der Waals surface area contributed by atoms with Gasteiger partial charge in [-0.2, -0.15) is 0 Å². The predicted molar refractivity (Wildman–Crippen MR) is 116 cm³/mol. The fourth-order valence-electron chi connectivity index (χ4n) is 6.10. The van der Waals surface area contributed by atoms with Crippen LogP contribution in [0.5, 0.6) is 5.75 Å². The summed E-state index contributed by atoms with van der Waals surface area (Å²) in [6.45, 7) is 4.80. The number of ether oxygens (including phenoxy) is 1. The van der Waals surface area contributed by atoms with Gasteiger partial charge in [-0.1, -0.05) is 18.6 Å². The molecule has 6 nitrogen and oxygen atoms in total. The Balaban J connectivity index is 1.41. The summed E-state index contributed by atoms with van der Waals surface area (Å²) in [5, 5.41) is 0. The lowest BCUT2D eigenvalue weighted by atomic mass is 9.71. The van der Waals surface area contributed by atoms with Crippen LogP contribution in [-0.2, 0) is 6.42 Å². The Kier molecular flexibility index (Phi) is 5.27. The molecule has 1 aromatic heterocycles. The Bertz CT molecular complexity index is 910. The first-order chi connectivity index (χ1) is 14.6. The topological polar surface area (TPSA) is 61.5 Å². The second-order valence-electron chi connectivity index (χ2n) is 9.27. The van der Waals surface area contributed by atoms with E-state index in [-0.39, 0.29) is 5.91 Å². The van der Waals surface area contributed by atoms with Gasteiger partial charge < -0.3 is 14.6 Å². The van der Waals surface area contributed by atoms with Crippen molar-refractivity contribution in [1.82, 2.24) is 19.8 Å². The van der Waals surface area contributed by atoms with E-state index in [9.17, 15) is 4.79 Å². The molecule has 0 spiro atoms. The monoisotopic (exact) mass is 408 g/mol. The molecule has 4 heterocycles. The standard InChI is InChI=1S/C24H32N4O2/c1-16-25-13-21(26-16)24(29)27-14-18-12-19(15-27)23(28-9-4-3-8-22(18)28)11-17-6-5-7-20(10-17)30-2/h5-7,10,13,18-19,22-23H,3-4,8-9,11-12,14-15H2,1-2H3,(H,25,26)/t18-,19+,22+,23+/m1/s1. The van der Waals surface area contributed by atoms with E-state index >= 15 is 0 Å². The summed E-state index contributed by atoms with van der Waals surface area (Å²) in [6, 6.07) is 9.57. The molecule has 3 aliphatic rings. The van der Waals surface area contributed by atoms with Crippen LogP contribution in [0.25, 0.3) is 0 Å². The van der Waals surface area contributed by atoms with Gasteiger partial charge in [-0.25, -0.2) is 4.98 Å². The molecule has 160 valence electrons. The zero-order valence-corrected chi connectivity index (χ0v) is 18.0. The van der Waals surface area contributed by atoms with Crippen molar-refractivity contribution < 1.29 is 9.53 Å². The summed E-state index contributed by atoms with van der Waals surface area (Å²) in [5.41, 5.74) is 1.95. The lowest BCUT2D eigenvalue weighted by Gasteiger charge is -2.57. The van der Waals surface area contributed by atoms with Crippen molar-refractivity contribution >= 4 is 5.91 Å². The number of benzene rings is 1. The molecular weight excluding hydrogens is 376 g/mol. The normalized spacial score (nSPS) is 28.8. The van der Waals surface area contributed by atoms with Gasteiger partial charge in [0, 0.05) is 25.2 Å². The minimum absolute atomic E-state index is 0.106. The van der Waals surface area contributed by atoms with E-state index in [4.69, 9.17) is 4.74 Å². The summed E-state index contributed by atoms with van der Waals surface area (Å²) >= 11 is 0. The molecule has 3 aliphatic heterocycles. The van der Waals surface area contributed by atoms with Crippen LogP contribution in [0.2, 0.25) is 0 Å². The number of carbonyl (C=O) groups is 1. The number of hydrogen-bond acceptors (Lipinski definition) is 4. The third-order valence-corrected chi connectivity index (χ3v) is 7.42. The first-order valence-corrected chi connectivity index (χ1v) is 11.3. The fourth-order valence-corrected chi connectivity index (χ4v) is 6.10. The maximum absolute atomic E-state index is 13.2.